The molecule has 1 aliphatic rings. The number of hydrogen-bond donors (Lipinski definition) is 1. The standard InChI is InChI=1S/C23H27N3O6S/c27-23(18-25(16-20-3-1-11-31-20)17-21-4-2-12-32-21)24-15-19-5-7-22(8-6-19)33(28,29)26-9-13-30-14-10-26/h1-8,11-12H,9-10,13-18H2,(H,24,27). The summed E-state index contributed by atoms with van der Waals surface area (Å²) in [5.41, 5.74) is 0.813. The van der Waals surface area contributed by atoms with Crippen molar-refractivity contribution in [2.75, 3.05) is 32.8 Å². The zero-order valence-electron chi connectivity index (χ0n) is 18.2. The highest BCUT2D eigenvalue weighted by Crippen LogP contribution is 2.18. The molecule has 0 saturated carbocycles. The van der Waals surface area contributed by atoms with Crippen molar-refractivity contribution in [3.8, 4) is 0 Å². The molecule has 2 aromatic heterocycles. The second kappa shape index (κ2) is 10.8. The Morgan fingerprint density at radius 1 is 0.939 bits per heavy atom. The second-order valence-electron chi connectivity index (χ2n) is 7.74. The summed E-state index contributed by atoms with van der Waals surface area (Å²) in [6.07, 6.45) is 3.20. The second-order valence-corrected chi connectivity index (χ2v) is 9.68. The number of rotatable bonds is 10. The molecule has 0 spiro atoms. The van der Waals surface area contributed by atoms with Gasteiger partial charge in [-0.2, -0.15) is 4.31 Å². The number of sulfonamides is 1. The number of morpholine rings is 1. The van der Waals surface area contributed by atoms with Crippen molar-refractivity contribution >= 4 is 15.9 Å². The van der Waals surface area contributed by atoms with E-state index in [1.165, 1.54) is 4.31 Å². The Balaban J connectivity index is 1.32. The molecule has 4 rings (SSSR count). The number of nitrogens with one attached hydrogen (secondary N) is 1. The lowest BCUT2D eigenvalue weighted by Crippen LogP contribution is -2.40. The van der Waals surface area contributed by atoms with Crippen molar-refractivity contribution < 1.29 is 26.8 Å². The Labute approximate surface area is 193 Å². The largest absolute Gasteiger partial charge is 0.468 e. The van der Waals surface area contributed by atoms with E-state index in [0.717, 1.165) is 17.1 Å². The van der Waals surface area contributed by atoms with Gasteiger partial charge in [0.1, 0.15) is 11.5 Å². The van der Waals surface area contributed by atoms with E-state index in [-0.39, 0.29) is 17.3 Å². The smallest absolute Gasteiger partial charge is 0.243 e. The summed E-state index contributed by atoms with van der Waals surface area (Å²) < 4.78 is 42.9. The van der Waals surface area contributed by atoms with Crippen molar-refractivity contribution in [1.29, 1.82) is 0 Å². The Bertz CT molecular complexity index is 1070. The summed E-state index contributed by atoms with van der Waals surface area (Å²) in [4.78, 5) is 14.7. The summed E-state index contributed by atoms with van der Waals surface area (Å²) in [6, 6.07) is 13.9. The zero-order valence-corrected chi connectivity index (χ0v) is 19.0. The molecule has 0 unspecified atom stereocenters. The Morgan fingerprint density at radius 3 is 2.09 bits per heavy atom. The van der Waals surface area contributed by atoms with Crippen LogP contribution in [0.1, 0.15) is 17.1 Å². The van der Waals surface area contributed by atoms with Gasteiger partial charge in [-0.15, -0.1) is 0 Å². The van der Waals surface area contributed by atoms with Gasteiger partial charge in [0.05, 0.1) is 50.3 Å². The summed E-state index contributed by atoms with van der Waals surface area (Å²) in [5.74, 6) is 1.36. The van der Waals surface area contributed by atoms with E-state index < -0.39 is 10.0 Å². The van der Waals surface area contributed by atoms with Gasteiger partial charge >= 0.3 is 0 Å². The average Bonchev–Trinajstić information content (AvgIpc) is 3.53. The Morgan fingerprint density at radius 2 is 1.55 bits per heavy atom. The van der Waals surface area contributed by atoms with Crippen LogP contribution in [0.5, 0.6) is 0 Å². The number of nitrogens with zero attached hydrogens (tertiary/aromatic N) is 2. The Hall–Kier alpha value is -2.92. The molecule has 1 fully saturated rings. The van der Waals surface area contributed by atoms with E-state index in [2.05, 4.69) is 5.32 Å². The molecular formula is C23H27N3O6S. The highest BCUT2D eigenvalue weighted by molar-refractivity contribution is 7.89. The third kappa shape index (κ3) is 6.32. The molecule has 9 nitrogen and oxygen atoms in total. The molecule has 0 bridgehead atoms. The van der Waals surface area contributed by atoms with E-state index in [9.17, 15) is 13.2 Å². The fourth-order valence-electron chi connectivity index (χ4n) is 3.59. The number of carbonyl (C=O) groups is 1. The highest BCUT2D eigenvalue weighted by Gasteiger charge is 2.26. The third-order valence-electron chi connectivity index (χ3n) is 5.31. The average molecular weight is 474 g/mol. The normalized spacial score (nSPS) is 15.1. The molecule has 1 saturated heterocycles. The first-order valence-electron chi connectivity index (χ1n) is 10.7. The highest BCUT2D eigenvalue weighted by atomic mass is 32.2. The quantitative estimate of drug-likeness (QED) is 0.481. The van der Waals surface area contributed by atoms with Crippen LogP contribution in [-0.2, 0) is 39.2 Å². The zero-order chi connectivity index (χ0) is 23.1. The first-order valence-corrected chi connectivity index (χ1v) is 12.2. The number of ether oxygens (including phenoxy) is 1. The number of furan rings is 2. The van der Waals surface area contributed by atoms with Crippen LogP contribution in [0.15, 0.2) is 74.8 Å². The van der Waals surface area contributed by atoms with E-state index in [4.69, 9.17) is 13.6 Å². The third-order valence-corrected chi connectivity index (χ3v) is 7.22. The maximum Gasteiger partial charge on any atom is 0.243 e. The molecule has 1 aliphatic heterocycles. The van der Waals surface area contributed by atoms with Gasteiger partial charge in [0.15, 0.2) is 0 Å². The van der Waals surface area contributed by atoms with Crippen molar-refractivity contribution in [1.82, 2.24) is 14.5 Å². The number of hydrogen-bond acceptors (Lipinski definition) is 7. The molecule has 0 atom stereocenters. The summed E-state index contributed by atoms with van der Waals surface area (Å²) in [6.45, 7) is 2.90. The maximum atomic E-state index is 12.7. The summed E-state index contributed by atoms with van der Waals surface area (Å²) >= 11 is 0. The monoisotopic (exact) mass is 473 g/mol. The molecule has 3 heterocycles. The fourth-order valence-corrected chi connectivity index (χ4v) is 5.00. The summed E-state index contributed by atoms with van der Waals surface area (Å²) in [5, 5.41) is 2.89. The molecule has 10 heteroatoms. The molecular weight excluding hydrogens is 446 g/mol. The minimum absolute atomic E-state index is 0.155. The van der Waals surface area contributed by atoms with Crippen molar-refractivity contribution in [3.05, 3.63) is 78.1 Å². The molecule has 176 valence electrons. The molecule has 3 aromatic rings. The predicted octanol–water partition coefficient (Wildman–Crippen LogP) is 2.21. The first kappa shape index (κ1) is 23.2. The van der Waals surface area contributed by atoms with Crippen LogP contribution < -0.4 is 5.32 Å². The van der Waals surface area contributed by atoms with Gasteiger partial charge in [-0.25, -0.2) is 8.42 Å². The van der Waals surface area contributed by atoms with Crippen LogP contribution in [0.4, 0.5) is 0 Å². The van der Waals surface area contributed by atoms with E-state index in [1.807, 2.05) is 29.2 Å². The first-order chi connectivity index (χ1) is 16.0. The molecule has 0 aliphatic carbocycles. The lowest BCUT2D eigenvalue weighted by molar-refractivity contribution is -0.122. The van der Waals surface area contributed by atoms with Gasteiger partial charge in [0, 0.05) is 19.6 Å². The van der Waals surface area contributed by atoms with Crippen LogP contribution in [0, 0.1) is 0 Å². The summed E-state index contributed by atoms with van der Waals surface area (Å²) in [7, 11) is -3.53. The van der Waals surface area contributed by atoms with Crippen molar-refractivity contribution in [2.45, 2.75) is 24.5 Å². The minimum Gasteiger partial charge on any atom is -0.468 e. The molecule has 1 N–H and O–H groups in total. The lowest BCUT2D eigenvalue weighted by Gasteiger charge is -2.26. The molecule has 0 radical (unpaired) electrons. The van der Waals surface area contributed by atoms with Crippen LogP contribution >= 0.6 is 0 Å². The van der Waals surface area contributed by atoms with Crippen LogP contribution in [-0.4, -0.2) is 56.4 Å². The SMILES string of the molecule is O=C(CN(Cc1ccco1)Cc1ccco1)NCc1ccc(S(=O)(=O)N2CCOCC2)cc1. The number of amides is 1. The molecule has 1 aromatic carbocycles. The number of benzene rings is 1. The van der Waals surface area contributed by atoms with Crippen LogP contribution in [0.25, 0.3) is 0 Å². The lowest BCUT2D eigenvalue weighted by atomic mass is 10.2. The predicted molar refractivity (Wildman–Crippen MR) is 119 cm³/mol. The topological polar surface area (TPSA) is 105 Å². The van der Waals surface area contributed by atoms with E-state index >= 15 is 0 Å². The van der Waals surface area contributed by atoms with Gasteiger partial charge in [-0.1, -0.05) is 12.1 Å². The Kier molecular flexibility index (Phi) is 7.61. The van der Waals surface area contributed by atoms with Gasteiger partial charge in [-0.3, -0.25) is 9.69 Å². The van der Waals surface area contributed by atoms with Crippen molar-refractivity contribution in [3.63, 3.8) is 0 Å². The number of carbonyl (C=O) groups excluding carboxylic acids is 1. The molecule has 33 heavy (non-hydrogen) atoms. The molecule has 1 amide bonds. The van der Waals surface area contributed by atoms with E-state index in [0.29, 0.717) is 45.9 Å². The van der Waals surface area contributed by atoms with Crippen LogP contribution in [0.3, 0.4) is 0 Å². The fraction of sp³-hybridized carbons (Fsp3) is 0.348. The van der Waals surface area contributed by atoms with Crippen molar-refractivity contribution in [2.24, 2.45) is 0 Å². The maximum absolute atomic E-state index is 12.7. The van der Waals surface area contributed by atoms with Gasteiger partial charge in [0.25, 0.3) is 0 Å². The van der Waals surface area contributed by atoms with E-state index in [1.54, 1.807) is 36.8 Å². The van der Waals surface area contributed by atoms with Gasteiger partial charge < -0.3 is 18.9 Å². The minimum atomic E-state index is -3.53. The van der Waals surface area contributed by atoms with Gasteiger partial charge in [0.2, 0.25) is 15.9 Å². The van der Waals surface area contributed by atoms with Crippen LogP contribution in [0.2, 0.25) is 0 Å². The van der Waals surface area contributed by atoms with Gasteiger partial charge in [-0.05, 0) is 42.0 Å².